The molecule has 2 aromatic carbocycles. The van der Waals surface area contributed by atoms with Crippen molar-refractivity contribution in [3.8, 4) is 28.3 Å². The fourth-order valence-corrected chi connectivity index (χ4v) is 5.40. The zero-order valence-corrected chi connectivity index (χ0v) is 19.4. The lowest BCUT2D eigenvalue weighted by Gasteiger charge is -2.24. The van der Waals surface area contributed by atoms with Gasteiger partial charge in [-0.05, 0) is 61.5 Å². The first-order chi connectivity index (χ1) is 16.4. The molecule has 0 spiro atoms. The molecule has 6 nitrogen and oxygen atoms in total. The standard InChI is InChI=1S/C27H28FN5O/c1-27(34)17-32(16-21(27)13-29-2)23-7-8-24-20(11-23)15-31-14-19(18-3-5-22(28)6-4-18)12-25(31)26-30-9-10-33(24)26/h3-12,14,21,29,34H,13,15-17H2,1-2H3/t21-,27-/m0/s1. The van der Waals surface area contributed by atoms with E-state index >= 15 is 0 Å². The SMILES string of the molecule is CNC[C@H]1CN(c2ccc3c(c2)Cn2cc(-c4ccc(F)cc4)cc2-c2nccn2-3)C[C@]1(C)O. The van der Waals surface area contributed by atoms with Crippen LogP contribution in [0.4, 0.5) is 10.1 Å². The lowest BCUT2D eigenvalue weighted by atomic mass is 9.93. The molecule has 6 rings (SSSR count). The van der Waals surface area contributed by atoms with Crippen molar-refractivity contribution in [2.75, 3.05) is 31.6 Å². The number of hydrogen-bond donors (Lipinski definition) is 2. The summed E-state index contributed by atoms with van der Waals surface area (Å²) in [5.74, 6) is 0.823. The third-order valence-corrected chi connectivity index (χ3v) is 7.25. The van der Waals surface area contributed by atoms with Crippen molar-refractivity contribution < 1.29 is 9.50 Å². The number of anilines is 1. The molecule has 1 saturated heterocycles. The Morgan fingerprint density at radius 2 is 1.97 bits per heavy atom. The summed E-state index contributed by atoms with van der Waals surface area (Å²) in [6.07, 6.45) is 5.94. The summed E-state index contributed by atoms with van der Waals surface area (Å²) < 4.78 is 17.8. The van der Waals surface area contributed by atoms with Crippen LogP contribution in [0, 0.1) is 11.7 Å². The number of β-amino-alcohol motifs (C(OH)–C–C–N with tert-alkyl or cyclic N) is 1. The molecule has 2 N–H and O–H groups in total. The van der Waals surface area contributed by atoms with Crippen molar-refractivity contribution in [3.63, 3.8) is 0 Å². The minimum Gasteiger partial charge on any atom is -0.388 e. The van der Waals surface area contributed by atoms with Crippen LogP contribution in [0.15, 0.2) is 67.1 Å². The van der Waals surface area contributed by atoms with Crippen molar-refractivity contribution in [1.29, 1.82) is 0 Å². The first kappa shape index (κ1) is 21.1. The number of benzene rings is 2. The van der Waals surface area contributed by atoms with E-state index in [1.54, 1.807) is 0 Å². The molecule has 4 aromatic rings. The zero-order chi connectivity index (χ0) is 23.4. The van der Waals surface area contributed by atoms with E-state index in [1.807, 2.05) is 38.5 Å². The molecular formula is C27H28FN5O. The van der Waals surface area contributed by atoms with Crippen LogP contribution < -0.4 is 10.2 Å². The highest BCUT2D eigenvalue weighted by atomic mass is 19.1. The Labute approximate surface area is 198 Å². The average molecular weight is 458 g/mol. The van der Waals surface area contributed by atoms with Gasteiger partial charge in [-0.25, -0.2) is 9.37 Å². The molecule has 2 aromatic heterocycles. The van der Waals surface area contributed by atoms with Gasteiger partial charge in [0.25, 0.3) is 0 Å². The normalized spacial score (nSPS) is 21.2. The lowest BCUT2D eigenvalue weighted by molar-refractivity contribution is 0.0379. The molecule has 4 heterocycles. The van der Waals surface area contributed by atoms with Crippen LogP contribution in [0.25, 0.3) is 28.3 Å². The number of aromatic nitrogens is 3. The van der Waals surface area contributed by atoms with Crippen LogP contribution in [0.2, 0.25) is 0 Å². The van der Waals surface area contributed by atoms with E-state index in [9.17, 15) is 9.50 Å². The van der Waals surface area contributed by atoms with Gasteiger partial charge in [-0.3, -0.25) is 4.57 Å². The van der Waals surface area contributed by atoms with E-state index in [0.717, 1.165) is 47.1 Å². The number of rotatable bonds is 4. The highest BCUT2D eigenvalue weighted by molar-refractivity contribution is 5.72. The minimum absolute atomic E-state index is 0.172. The number of hydrogen-bond acceptors (Lipinski definition) is 4. The molecule has 174 valence electrons. The maximum absolute atomic E-state index is 13.4. The van der Waals surface area contributed by atoms with Gasteiger partial charge in [0.15, 0.2) is 5.82 Å². The molecule has 0 amide bonds. The van der Waals surface area contributed by atoms with Crippen molar-refractivity contribution in [3.05, 3.63) is 78.5 Å². The average Bonchev–Trinajstić information content (AvgIpc) is 3.51. The minimum atomic E-state index is -0.731. The highest BCUT2D eigenvalue weighted by Crippen LogP contribution is 2.37. The molecule has 34 heavy (non-hydrogen) atoms. The second-order valence-corrected chi connectivity index (χ2v) is 9.67. The van der Waals surface area contributed by atoms with E-state index < -0.39 is 5.60 Å². The molecule has 2 aliphatic rings. The Kier molecular flexibility index (Phi) is 4.86. The van der Waals surface area contributed by atoms with E-state index in [2.05, 4.69) is 54.8 Å². The van der Waals surface area contributed by atoms with Crippen LogP contribution in [0.5, 0.6) is 0 Å². The number of halogens is 1. The Hall–Kier alpha value is -3.42. The summed E-state index contributed by atoms with van der Waals surface area (Å²) in [6, 6.07) is 15.3. The van der Waals surface area contributed by atoms with Gasteiger partial charge in [-0.2, -0.15) is 0 Å². The Morgan fingerprint density at radius 1 is 1.15 bits per heavy atom. The largest absolute Gasteiger partial charge is 0.388 e. The predicted octanol–water partition coefficient (Wildman–Crippen LogP) is 3.92. The van der Waals surface area contributed by atoms with Gasteiger partial charge in [0, 0.05) is 61.9 Å². The van der Waals surface area contributed by atoms with Crippen molar-refractivity contribution in [2.45, 2.75) is 19.1 Å². The molecule has 0 radical (unpaired) electrons. The predicted molar refractivity (Wildman–Crippen MR) is 132 cm³/mol. The third-order valence-electron chi connectivity index (χ3n) is 7.25. The quantitative estimate of drug-likeness (QED) is 0.430. The molecule has 2 atom stereocenters. The summed E-state index contributed by atoms with van der Waals surface area (Å²) in [6.45, 7) is 4.84. The maximum atomic E-state index is 13.4. The first-order valence-electron chi connectivity index (χ1n) is 11.7. The molecule has 0 saturated carbocycles. The fourth-order valence-electron chi connectivity index (χ4n) is 5.40. The number of aliphatic hydroxyl groups is 1. The molecular weight excluding hydrogens is 429 g/mol. The Balaban J connectivity index is 1.39. The Morgan fingerprint density at radius 3 is 2.76 bits per heavy atom. The van der Waals surface area contributed by atoms with Gasteiger partial charge in [0.05, 0.1) is 17.0 Å². The number of fused-ring (bicyclic) bond motifs is 5. The molecule has 0 unspecified atom stereocenters. The molecule has 2 aliphatic heterocycles. The third kappa shape index (κ3) is 3.43. The number of nitrogens with zero attached hydrogens (tertiary/aromatic N) is 4. The van der Waals surface area contributed by atoms with Crippen molar-refractivity contribution >= 4 is 5.69 Å². The molecule has 0 bridgehead atoms. The van der Waals surface area contributed by atoms with Crippen LogP contribution >= 0.6 is 0 Å². The summed E-state index contributed by atoms with van der Waals surface area (Å²) in [5, 5.41) is 14.2. The van der Waals surface area contributed by atoms with Gasteiger partial charge < -0.3 is 19.9 Å². The number of nitrogens with one attached hydrogen (secondary N) is 1. The maximum Gasteiger partial charge on any atom is 0.161 e. The molecule has 1 fully saturated rings. The molecule has 7 heteroatoms. The van der Waals surface area contributed by atoms with E-state index in [0.29, 0.717) is 13.1 Å². The second kappa shape index (κ2) is 7.82. The number of imidazole rings is 1. The second-order valence-electron chi connectivity index (χ2n) is 9.67. The Bertz CT molecular complexity index is 1350. The molecule has 0 aliphatic carbocycles. The summed E-state index contributed by atoms with van der Waals surface area (Å²) in [5.41, 5.74) is 5.73. The van der Waals surface area contributed by atoms with Gasteiger partial charge in [0.2, 0.25) is 0 Å². The van der Waals surface area contributed by atoms with Gasteiger partial charge in [0.1, 0.15) is 5.82 Å². The van der Waals surface area contributed by atoms with Crippen LogP contribution in [0.3, 0.4) is 0 Å². The van der Waals surface area contributed by atoms with Gasteiger partial charge >= 0.3 is 0 Å². The van der Waals surface area contributed by atoms with Crippen molar-refractivity contribution in [1.82, 2.24) is 19.4 Å². The van der Waals surface area contributed by atoms with Crippen LogP contribution in [0.1, 0.15) is 12.5 Å². The smallest absolute Gasteiger partial charge is 0.161 e. The van der Waals surface area contributed by atoms with Crippen LogP contribution in [-0.4, -0.2) is 51.5 Å². The van der Waals surface area contributed by atoms with Gasteiger partial charge in [-0.15, -0.1) is 0 Å². The topological polar surface area (TPSA) is 58.2 Å². The van der Waals surface area contributed by atoms with E-state index in [-0.39, 0.29) is 11.7 Å². The van der Waals surface area contributed by atoms with E-state index in [4.69, 9.17) is 0 Å². The van der Waals surface area contributed by atoms with Crippen molar-refractivity contribution in [2.24, 2.45) is 5.92 Å². The fraction of sp³-hybridized carbons (Fsp3) is 0.296. The monoisotopic (exact) mass is 457 g/mol. The summed E-state index contributed by atoms with van der Waals surface area (Å²) in [7, 11) is 1.93. The highest BCUT2D eigenvalue weighted by Gasteiger charge is 2.41. The van der Waals surface area contributed by atoms with Gasteiger partial charge in [-0.1, -0.05) is 12.1 Å². The first-order valence-corrected chi connectivity index (χ1v) is 11.7. The summed E-state index contributed by atoms with van der Waals surface area (Å²) in [4.78, 5) is 6.94. The zero-order valence-electron chi connectivity index (χ0n) is 19.4. The summed E-state index contributed by atoms with van der Waals surface area (Å²) >= 11 is 0. The van der Waals surface area contributed by atoms with E-state index in [1.165, 1.54) is 17.7 Å². The lowest BCUT2D eigenvalue weighted by Crippen LogP contribution is -2.39. The van der Waals surface area contributed by atoms with Crippen LogP contribution in [-0.2, 0) is 6.54 Å².